The van der Waals surface area contributed by atoms with E-state index in [0.717, 1.165) is 34.8 Å². The van der Waals surface area contributed by atoms with E-state index >= 15 is 0 Å². The SMILES string of the molecule is CCSCC(CCC1CCCCC1)Cc1ccc(C(=O)NC(CCSC)C(=O)O)c(-c2ccccc2C)c1.[Li+]. The van der Waals surface area contributed by atoms with Gasteiger partial charge in [0.15, 0.2) is 0 Å². The van der Waals surface area contributed by atoms with Crippen LogP contribution in [0.5, 0.6) is 0 Å². The number of nitrogens with one attached hydrogen (secondary N) is 1. The van der Waals surface area contributed by atoms with Crippen LogP contribution in [0.15, 0.2) is 42.5 Å². The van der Waals surface area contributed by atoms with E-state index in [0.29, 0.717) is 23.7 Å². The van der Waals surface area contributed by atoms with Gasteiger partial charge in [0.25, 0.3) is 5.91 Å². The molecule has 0 aliphatic heterocycles. The summed E-state index contributed by atoms with van der Waals surface area (Å²) in [6, 6.07) is 13.4. The van der Waals surface area contributed by atoms with Crippen LogP contribution in [0.1, 0.15) is 79.8 Å². The van der Waals surface area contributed by atoms with Gasteiger partial charge in [-0.15, -0.1) is 0 Å². The Labute approximate surface area is 256 Å². The third kappa shape index (κ3) is 10.9. The Bertz CT molecular complexity index is 1040. The molecule has 1 saturated carbocycles. The number of hydrogen-bond acceptors (Lipinski definition) is 4. The zero-order valence-corrected chi connectivity index (χ0v) is 26.0. The number of aryl methyl sites for hydroxylation is 1. The zero-order chi connectivity index (χ0) is 27.3. The first-order chi connectivity index (χ1) is 18.4. The summed E-state index contributed by atoms with van der Waals surface area (Å²) in [4.78, 5) is 25.2. The van der Waals surface area contributed by atoms with Crippen molar-refractivity contribution < 1.29 is 33.6 Å². The van der Waals surface area contributed by atoms with E-state index in [1.807, 2.05) is 36.2 Å². The van der Waals surface area contributed by atoms with Crippen LogP contribution >= 0.6 is 23.5 Å². The molecule has 1 fully saturated rings. The van der Waals surface area contributed by atoms with Crippen LogP contribution in [-0.2, 0) is 11.2 Å². The van der Waals surface area contributed by atoms with Gasteiger partial charge in [0.05, 0.1) is 0 Å². The maximum atomic E-state index is 13.4. The molecule has 1 aliphatic rings. The average molecular weight is 563 g/mol. The maximum Gasteiger partial charge on any atom is 1.00 e. The van der Waals surface area contributed by atoms with Crippen molar-refractivity contribution in [3.8, 4) is 11.1 Å². The van der Waals surface area contributed by atoms with Crippen molar-refractivity contribution in [1.29, 1.82) is 0 Å². The molecular weight excluding hydrogens is 517 g/mol. The van der Waals surface area contributed by atoms with Gasteiger partial charge in [-0.25, -0.2) is 4.79 Å². The topological polar surface area (TPSA) is 66.4 Å². The van der Waals surface area contributed by atoms with E-state index in [-0.39, 0.29) is 24.8 Å². The minimum absolute atomic E-state index is 0. The Hall–Kier alpha value is -1.32. The Morgan fingerprint density at radius 3 is 2.46 bits per heavy atom. The molecular formula is C32H45LiNO3S2+. The Morgan fingerprint density at radius 1 is 1.05 bits per heavy atom. The first-order valence-corrected chi connectivity index (χ1v) is 16.8. The Morgan fingerprint density at radius 2 is 1.79 bits per heavy atom. The number of aliphatic carboxylic acids is 1. The molecule has 4 nitrogen and oxygen atoms in total. The van der Waals surface area contributed by atoms with Crippen LogP contribution in [0.4, 0.5) is 0 Å². The monoisotopic (exact) mass is 562 g/mol. The molecule has 2 N–H and O–H groups in total. The third-order valence-electron chi connectivity index (χ3n) is 7.77. The number of hydrogen-bond donors (Lipinski definition) is 2. The van der Waals surface area contributed by atoms with Gasteiger partial charge in [-0.05, 0) is 89.9 Å². The van der Waals surface area contributed by atoms with Crippen LogP contribution in [0.3, 0.4) is 0 Å². The molecule has 1 aliphatic carbocycles. The minimum Gasteiger partial charge on any atom is -0.480 e. The molecule has 0 saturated heterocycles. The zero-order valence-electron chi connectivity index (χ0n) is 24.3. The Balaban J connectivity index is 0.00000533. The van der Waals surface area contributed by atoms with Gasteiger partial charge in [-0.3, -0.25) is 4.79 Å². The molecule has 39 heavy (non-hydrogen) atoms. The molecule has 2 unspecified atom stereocenters. The van der Waals surface area contributed by atoms with E-state index in [9.17, 15) is 14.7 Å². The third-order valence-corrected chi connectivity index (χ3v) is 9.53. The normalized spacial score (nSPS) is 15.3. The van der Waals surface area contributed by atoms with Crippen molar-refractivity contribution in [3.63, 3.8) is 0 Å². The summed E-state index contributed by atoms with van der Waals surface area (Å²) < 4.78 is 0. The van der Waals surface area contributed by atoms with Crippen LogP contribution in [0.2, 0.25) is 0 Å². The number of carboxylic acids is 1. The molecule has 2 aromatic carbocycles. The summed E-state index contributed by atoms with van der Waals surface area (Å²) in [6.45, 7) is 4.29. The smallest absolute Gasteiger partial charge is 0.480 e. The molecule has 1 amide bonds. The molecule has 0 heterocycles. The number of benzene rings is 2. The Kier molecular flexibility index (Phi) is 15.8. The molecule has 2 atom stereocenters. The summed E-state index contributed by atoms with van der Waals surface area (Å²) >= 11 is 3.61. The van der Waals surface area contributed by atoms with Crippen molar-refractivity contribution in [2.24, 2.45) is 11.8 Å². The molecule has 0 bridgehead atoms. The fraction of sp³-hybridized carbons (Fsp3) is 0.562. The fourth-order valence-electron chi connectivity index (χ4n) is 5.55. The maximum absolute atomic E-state index is 13.4. The van der Waals surface area contributed by atoms with Gasteiger partial charge in [0.1, 0.15) is 6.04 Å². The summed E-state index contributed by atoms with van der Waals surface area (Å²) in [5.41, 5.74) is 4.81. The summed E-state index contributed by atoms with van der Waals surface area (Å²) in [7, 11) is 0. The summed E-state index contributed by atoms with van der Waals surface area (Å²) in [6.07, 6.45) is 12.9. The minimum atomic E-state index is -0.990. The fourth-order valence-corrected chi connectivity index (χ4v) is 6.88. The summed E-state index contributed by atoms with van der Waals surface area (Å²) in [5, 5.41) is 12.4. The van der Waals surface area contributed by atoms with E-state index < -0.39 is 12.0 Å². The molecule has 0 aromatic heterocycles. The predicted octanol–water partition coefficient (Wildman–Crippen LogP) is 4.87. The number of carbonyl (C=O) groups excluding carboxylic acids is 1. The number of rotatable bonds is 15. The van der Waals surface area contributed by atoms with Gasteiger partial charge in [-0.2, -0.15) is 23.5 Å². The second kappa shape index (κ2) is 18.2. The van der Waals surface area contributed by atoms with Gasteiger partial charge in [0, 0.05) is 5.56 Å². The molecule has 0 radical (unpaired) electrons. The number of thioether (sulfide) groups is 2. The number of carbonyl (C=O) groups is 2. The number of amides is 1. The van der Waals surface area contributed by atoms with Crippen LogP contribution < -0.4 is 24.2 Å². The standard InChI is InChI=1S/C32H45NO3S2.Li/c1-4-38-22-26(15-14-24-11-6-5-7-12-24)20-25-16-17-28(29(21-25)27-13-9-8-10-23(27)2)31(34)33-30(32(35)36)18-19-37-3;/h8-10,13,16-17,21,24,26,30H,4-7,11-12,14-15,18-20,22H2,1-3H3,(H,33,34)(H,35,36);/q;+1. The number of carboxylic acid groups (broad SMARTS) is 1. The molecule has 0 spiro atoms. The van der Waals surface area contributed by atoms with Crippen molar-refractivity contribution in [1.82, 2.24) is 5.32 Å². The van der Waals surface area contributed by atoms with Gasteiger partial charge >= 0.3 is 24.8 Å². The average Bonchev–Trinajstić information content (AvgIpc) is 2.93. The summed E-state index contributed by atoms with van der Waals surface area (Å²) in [5.74, 6) is 3.18. The van der Waals surface area contributed by atoms with E-state index in [2.05, 4.69) is 43.4 Å². The molecule has 2 aromatic rings. The van der Waals surface area contributed by atoms with Gasteiger partial charge < -0.3 is 10.4 Å². The molecule has 208 valence electrons. The predicted molar refractivity (Wildman–Crippen MR) is 165 cm³/mol. The van der Waals surface area contributed by atoms with E-state index in [4.69, 9.17) is 0 Å². The first-order valence-electron chi connectivity index (χ1n) is 14.2. The van der Waals surface area contributed by atoms with E-state index in [1.165, 1.54) is 56.3 Å². The largest absolute Gasteiger partial charge is 1.00 e. The van der Waals surface area contributed by atoms with Crippen molar-refractivity contribution in [3.05, 3.63) is 59.2 Å². The molecule has 3 rings (SSSR count). The van der Waals surface area contributed by atoms with Gasteiger partial charge in [0.2, 0.25) is 0 Å². The quantitative estimate of drug-likeness (QED) is 0.303. The van der Waals surface area contributed by atoms with Crippen LogP contribution in [0.25, 0.3) is 11.1 Å². The van der Waals surface area contributed by atoms with E-state index in [1.54, 1.807) is 11.8 Å². The first kappa shape index (κ1) is 33.9. The van der Waals surface area contributed by atoms with Crippen molar-refractivity contribution >= 4 is 35.4 Å². The second-order valence-electron chi connectivity index (χ2n) is 10.7. The van der Waals surface area contributed by atoms with Crippen molar-refractivity contribution in [2.45, 2.75) is 77.7 Å². The molecule has 7 heteroatoms. The van der Waals surface area contributed by atoms with Crippen molar-refractivity contribution in [2.75, 3.05) is 23.5 Å². The van der Waals surface area contributed by atoms with Gasteiger partial charge in [-0.1, -0.05) is 81.8 Å². The van der Waals surface area contributed by atoms with Crippen LogP contribution in [-0.4, -0.2) is 46.5 Å². The van der Waals surface area contributed by atoms with Crippen LogP contribution in [0, 0.1) is 18.8 Å². The second-order valence-corrected chi connectivity index (χ2v) is 13.0.